The Bertz CT molecular complexity index is 1500. The fourth-order valence-corrected chi connectivity index (χ4v) is 6.02. The van der Waals surface area contributed by atoms with Crippen molar-refractivity contribution in [2.75, 3.05) is 13.1 Å². The van der Waals surface area contributed by atoms with Gasteiger partial charge in [-0.2, -0.15) is 0 Å². The van der Waals surface area contributed by atoms with Gasteiger partial charge in [0, 0.05) is 50.7 Å². The molecule has 10 heteroatoms. The van der Waals surface area contributed by atoms with Crippen LogP contribution in [-0.4, -0.2) is 58.8 Å². The van der Waals surface area contributed by atoms with Crippen molar-refractivity contribution < 1.29 is 27.9 Å². The van der Waals surface area contributed by atoms with Gasteiger partial charge in [-0.15, -0.1) is 0 Å². The zero-order chi connectivity index (χ0) is 29.2. The number of rotatable bonds is 8. The Kier molecular flexibility index (Phi) is 7.99. The van der Waals surface area contributed by atoms with Crippen molar-refractivity contribution in [1.82, 2.24) is 20.4 Å². The summed E-state index contributed by atoms with van der Waals surface area (Å²) in [4.78, 5) is 40.8. The fourth-order valence-electron chi connectivity index (χ4n) is 6.02. The van der Waals surface area contributed by atoms with Gasteiger partial charge in [-0.05, 0) is 59.9 Å². The van der Waals surface area contributed by atoms with Crippen LogP contribution in [0.5, 0.6) is 5.75 Å². The summed E-state index contributed by atoms with van der Waals surface area (Å²) in [5, 5.41) is 5.96. The van der Waals surface area contributed by atoms with Gasteiger partial charge in [0.05, 0.1) is 0 Å². The molecule has 8 nitrogen and oxygen atoms in total. The van der Waals surface area contributed by atoms with Gasteiger partial charge in [-0.25, -0.2) is 8.78 Å². The predicted octanol–water partition coefficient (Wildman–Crippen LogP) is 3.54. The molecule has 42 heavy (non-hydrogen) atoms. The molecule has 1 unspecified atom stereocenters. The summed E-state index contributed by atoms with van der Waals surface area (Å²) in [7, 11) is 0. The van der Waals surface area contributed by atoms with Gasteiger partial charge in [0.15, 0.2) is 11.6 Å². The van der Waals surface area contributed by atoms with E-state index in [0.717, 1.165) is 30.2 Å². The summed E-state index contributed by atoms with van der Waals surface area (Å²) >= 11 is 0. The third kappa shape index (κ3) is 6.05. The average Bonchev–Trinajstić information content (AvgIpc) is 3.30. The summed E-state index contributed by atoms with van der Waals surface area (Å²) < 4.78 is 33.9. The van der Waals surface area contributed by atoms with Crippen molar-refractivity contribution in [3.63, 3.8) is 0 Å². The lowest BCUT2D eigenvalue weighted by molar-refractivity contribution is -0.136. The lowest BCUT2D eigenvalue weighted by Crippen LogP contribution is -2.54. The van der Waals surface area contributed by atoms with E-state index in [9.17, 15) is 23.2 Å². The van der Waals surface area contributed by atoms with Crippen molar-refractivity contribution in [1.29, 1.82) is 0 Å². The van der Waals surface area contributed by atoms with Crippen LogP contribution in [0.2, 0.25) is 0 Å². The van der Waals surface area contributed by atoms with Crippen LogP contribution >= 0.6 is 0 Å². The zero-order valence-corrected chi connectivity index (χ0v) is 23.0. The molecule has 2 N–H and O–H groups in total. The lowest BCUT2D eigenvalue weighted by Gasteiger charge is -2.39. The Morgan fingerprint density at radius 2 is 1.76 bits per heavy atom. The van der Waals surface area contributed by atoms with Crippen LogP contribution < -0.4 is 15.4 Å². The summed E-state index contributed by atoms with van der Waals surface area (Å²) in [5.41, 5.74) is 3.14. The van der Waals surface area contributed by atoms with Gasteiger partial charge in [0.25, 0.3) is 5.91 Å². The predicted molar refractivity (Wildman–Crippen MR) is 150 cm³/mol. The number of carbonyl (C=O) groups excluding carboxylic acids is 3. The monoisotopic (exact) mass is 574 g/mol. The molecule has 3 aromatic carbocycles. The number of piperidine rings is 2. The quantitative estimate of drug-likeness (QED) is 0.400. The molecule has 0 aromatic heterocycles. The number of hydrogen-bond donors (Lipinski definition) is 2. The smallest absolute Gasteiger partial charge is 0.255 e. The molecule has 3 aliphatic heterocycles. The van der Waals surface area contributed by atoms with Crippen molar-refractivity contribution in [3.05, 3.63) is 101 Å². The maximum atomic E-state index is 13.9. The molecule has 3 aromatic rings. The number of nitrogens with zero attached hydrogens (tertiary/aromatic N) is 2. The van der Waals surface area contributed by atoms with Crippen LogP contribution in [0, 0.1) is 11.6 Å². The lowest BCUT2D eigenvalue weighted by atomic mass is 10.00. The molecule has 2 saturated heterocycles. The Labute approximate surface area is 242 Å². The Morgan fingerprint density at radius 1 is 0.929 bits per heavy atom. The first-order valence-electron chi connectivity index (χ1n) is 14.2. The van der Waals surface area contributed by atoms with Gasteiger partial charge >= 0.3 is 0 Å². The summed E-state index contributed by atoms with van der Waals surface area (Å²) in [6.45, 7) is 2.71. The molecular weight excluding hydrogens is 542 g/mol. The number of carbonyl (C=O) groups is 3. The molecule has 6 rings (SSSR count). The average molecular weight is 575 g/mol. The highest BCUT2D eigenvalue weighted by Gasteiger charge is 2.39. The van der Waals surface area contributed by atoms with Crippen LogP contribution in [0.4, 0.5) is 8.78 Å². The molecule has 0 bridgehead atoms. The third-order valence-corrected chi connectivity index (χ3v) is 8.23. The number of likely N-dealkylation sites (tertiary alicyclic amines) is 1. The highest BCUT2D eigenvalue weighted by atomic mass is 19.2. The van der Waals surface area contributed by atoms with E-state index in [0.29, 0.717) is 42.9 Å². The van der Waals surface area contributed by atoms with E-state index in [1.54, 1.807) is 18.2 Å². The van der Waals surface area contributed by atoms with Gasteiger partial charge in [0.2, 0.25) is 11.8 Å². The first-order valence-corrected chi connectivity index (χ1v) is 14.2. The minimum atomic E-state index is -0.866. The number of nitrogens with one attached hydrogen (secondary N) is 2. The van der Waals surface area contributed by atoms with Crippen molar-refractivity contribution in [3.8, 4) is 5.75 Å². The topological polar surface area (TPSA) is 91.0 Å². The maximum Gasteiger partial charge on any atom is 0.255 e. The SMILES string of the molecule is O=C1CCC(N2Cc3cc(O[C@H]4CN(Cc5ccc(F)c(F)c5)CC[C@@H]4NCc4ccccc4)ccc3C2=O)C(=O)N1. The number of amides is 3. The summed E-state index contributed by atoms with van der Waals surface area (Å²) in [6, 6.07) is 18.8. The third-order valence-electron chi connectivity index (χ3n) is 8.23. The highest BCUT2D eigenvalue weighted by molar-refractivity contribution is 6.05. The van der Waals surface area contributed by atoms with Crippen LogP contribution in [0.3, 0.4) is 0 Å². The standard InChI is InChI=1S/C32H32F2N4O4/c33-25-9-6-21(14-26(25)34)17-37-13-12-27(35-16-20-4-2-1-3-5-20)29(19-37)42-23-7-8-24-22(15-23)18-38(32(24)41)28-10-11-30(39)36-31(28)40/h1-9,14-15,27-29,35H,10-13,16-19H2,(H,36,39,40)/t27-,28?,29-/m0/s1. The number of fused-ring (bicyclic) bond motifs is 1. The Balaban J connectivity index is 1.17. The normalized spacial score (nSPS) is 22.7. The summed E-state index contributed by atoms with van der Waals surface area (Å²) in [6.07, 6.45) is 1.03. The van der Waals surface area contributed by atoms with E-state index in [-0.39, 0.29) is 36.9 Å². The van der Waals surface area contributed by atoms with Crippen molar-refractivity contribution in [2.24, 2.45) is 0 Å². The number of hydrogen-bond acceptors (Lipinski definition) is 6. The molecule has 3 heterocycles. The number of ether oxygens (including phenoxy) is 1. The number of imide groups is 1. The highest BCUT2D eigenvalue weighted by Crippen LogP contribution is 2.31. The second kappa shape index (κ2) is 12.0. The van der Waals surface area contributed by atoms with E-state index in [2.05, 4.69) is 27.7 Å². The van der Waals surface area contributed by atoms with Crippen LogP contribution in [0.25, 0.3) is 0 Å². The molecule has 3 amide bonds. The second-order valence-corrected chi connectivity index (χ2v) is 11.1. The zero-order valence-electron chi connectivity index (χ0n) is 23.0. The van der Waals surface area contributed by atoms with Crippen molar-refractivity contribution >= 4 is 17.7 Å². The second-order valence-electron chi connectivity index (χ2n) is 11.1. The van der Waals surface area contributed by atoms with Gasteiger partial charge in [-0.1, -0.05) is 36.4 Å². The Morgan fingerprint density at radius 3 is 2.55 bits per heavy atom. The van der Waals surface area contributed by atoms with Gasteiger partial charge in [0.1, 0.15) is 17.9 Å². The van der Waals surface area contributed by atoms with E-state index < -0.39 is 23.6 Å². The molecular formula is C32H32F2N4O4. The van der Waals surface area contributed by atoms with E-state index >= 15 is 0 Å². The fraction of sp³-hybridized carbons (Fsp3) is 0.344. The van der Waals surface area contributed by atoms with Gasteiger partial charge in [-0.3, -0.25) is 24.6 Å². The molecule has 0 aliphatic carbocycles. The van der Waals surface area contributed by atoms with E-state index in [4.69, 9.17) is 4.74 Å². The number of halogens is 2. The Hall–Kier alpha value is -4.15. The van der Waals surface area contributed by atoms with Crippen LogP contribution in [0.1, 0.15) is 46.3 Å². The van der Waals surface area contributed by atoms with Crippen LogP contribution in [-0.2, 0) is 29.2 Å². The number of benzene rings is 3. The largest absolute Gasteiger partial charge is 0.487 e. The molecule has 2 fully saturated rings. The first kappa shape index (κ1) is 28.0. The maximum absolute atomic E-state index is 13.9. The molecule has 0 saturated carbocycles. The van der Waals surface area contributed by atoms with Gasteiger partial charge < -0.3 is 15.0 Å². The molecule has 0 spiro atoms. The van der Waals surface area contributed by atoms with Crippen molar-refractivity contribution in [2.45, 2.75) is 57.1 Å². The van der Waals surface area contributed by atoms with E-state index in [1.165, 1.54) is 11.0 Å². The van der Waals surface area contributed by atoms with Crippen LogP contribution in [0.15, 0.2) is 66.7 Å². The molecule has 3 aliphatic rings. The minimum absolute atomic E-state index is 0.0290. The molecule has 218 valence electrons. The summed E-state index contributed by atoms with van der Waals surface area (Å²) in [5.74, 6) is -2.12. The molecule has 3 atom stereocenters. The first-order chi connectivity index (χ1) is 20.3. The minimum Gasteiger partial charge on any atom is -0.487 e. The molecule has 0 radical (unpaired) electrons. The van der Waals surface area contributed by atoms with E-state index in [1.807, 2.05) is 24.3 Å².